The van der Waals surface area contributed by atoms with Crippen LogP contribution in [0.4, 0.5) is 0 Å². The normalized spacial score (nSPS) is 10.8. The molecule has 0 aliphatic carbocycles. The Morgan fingerprint density at radius 2 is 1.17 bits per heavy atom. The minimum Gasteiger partial charge on any atom is -0.379 e. The van der Waals surface area contributed by atoms with Gasteiger partial charge in [0.1, 0.15) is 0 Å². The first-order valence-corrected chi connectivity index (χ1v) is 15.1. The van der Waals surface area contributed by atoms with Crippen LogP contribution in [0.1, 0.15) is 48.0 Å². The number of carbonyl (C=O) groups excluding carboxylic acids is 2. The van der Waals surface area contributed by atoms with Gasteiger partial charge in [0.05, 0.1) is 72.7 Å². The lowest BCUT2D eigenvalue weighted by atomic mass is 10.1. The van der Waals surface area contributed by atoms with E-state index in [1.165, 1.54) is 0 Å². The zero-order valence-electron chi connectivity index (χ0n) is 24.8. The average Bonchev–Trinajstić information content (AvgIpc) is 2.99. The van der Waals surface area contributed by atoms with E-state index < -0.39 is 0 Å². The fraction of sp³-hybridized carbons (Fsp3) is 0.724. The van der Waals surface area contributed by atoms with Gasteiger partial charge >= 0.3 is 0 Å². The highest BCUT2D eigenvalue weighted by Gasteiger charge is 2.06. The van der Waals surface area contributed by atoms with Gasteiger partial charge < -0.3 is 44.8 Å². The lowest BCUT2D eigenvalue weighted by Gasteiger charge is -2.09. The highest BCUT2D eigenvalue weighted by atomic mass is 35.5. The Morgan fingerprint density at radius 3 is 1.76 bits per heavy atom. The molecule has 1 aromatic carbocycles. The van der Waals surface area contributed by atoms with Crippen molar-refractivity contribution in [1.82, 2.24) is 10.6 Å². The van der Waals surface area contributed by atoms with Crippen molar-refractivity contribution in [1.29, 1.82) is 0 Å². The van der Waals surface area contributed by atoms with Crippen molar-refractivity contribution in [3.05, 3.63) is 35.4 Å². The highest BCUT2D eigenvalue weighted by Crippen LogP contribution is 2.05. The summed E-state index contributed by atoms with van der Waals surface area (Å²) in [6.45, 7) is 7.21. The number of hydrogen-bond donors (Lipinski definition) is 3. The number of nitrogens with one attached hydrogen (secondary N) is 2. The number of nitrogens with two attached hydrogens (primary N) is 1. The second kappa shape index (κ2) is 30.9. The second-order valence-corrected chi connectivity index (χ2v) is 9.42. The Labute approximate surface area is 262 Å². The quantitative estimate of drug-likeness (QED) is 0.0891. The summed E-state index contributed by atoms with van der Waals surface area (Å²) in [5.74, 6) is 0.447. The third kappa shape index (κ3) is 25.0. The SMILES string of the molecule is Cl.NCCOCCOCCOCCOCCC(=O)NCc1ccc(C(=O)NCCOCCOCCCCCCCl)cc1. The minimum atomic E-state index is -0.168. The summed E-state index contributed by atoms with van der Waals surface area (Å²) in [5, 5.41) is 5.69. The van der Waals surface area contributed by atoms with Crippen LogP contribution in [0.15, 0.2) is 24.3 Å². The summed E-state index contributed by atoms with van der Waals surface area (Å²) in [7, 11) is 0. The predicted molar refractivity (Wildman–Crippen MR) is 166 cm³/mol. The van der Waals surface area contributed by atoms with E-state index >= 15 is 0 Å². The largest absolute Gasteiger partial charge is 0.379 e. The summed E-state index contributed by atoms with van der Waals surface area (Å²) in [5.41, 5.74) is 6.78. The Morgan fingerprint density at radius 1 is 0.643 bits per heavy atom. The number of benzene rings is 1. The molecule has 0 unspecified atom stereocenters. The molecule has 2 amide bonds. The van der Waals surface area contributed by atoms with Crippen molar-refractivity contribution >= 4 is 35.8 Å². The fourth-order valence-electron chi connectivity index (χ4n) is 3.39. The van der Waals surface area contributed by atoms with Gasteiger partial charge in [-0.05, 0) is 30.5 Å². The molecular weight excluding hydrogens is 589 g/mol. The lowest BCUT2D eigenvalue weighted by molar-refractivity contribution is -0.122. The van der Waals surface area contributed by atoms with Crippen LogP contribution in [0.3, 0.4) is 0 Å². The van der Waals surface area contributed by atoms with Gasteiger partial charge in [0.25, 0.3) is 5.91 Å². The van der Waals surface area contributed by atoms with E-state index in [1.807, 2.05) is 12.1 Å². The summed E-state index contributed by atoms with van der Waals surface area (Å²) >= 11 is 5.65. The van der Waals surface area contributed by atoms with Crippen molar-refractivity contribution in [3.8, 4) is 0 Å². The van der Waals surface area contributed by atoms with Crippen LogP contribution in [-0.2, 0) is 39.8 Å². The molecule has 0 heterocycles. The topological polar surface area (TPSA) is 140 Å². The van der Waals surface area contributed by atoms with Crippen LogP contribution in [0.5, 0.6) is 0 Å². The van der Waals surface area contributed by atoms with Gasteiger partial charge in [-0.3, -0.25) is 9.59 Å². The molecule has 0 aliphatic rings. The molecule has 0 radical (unpaired) electrons. The Balaban J connectivity index is 0.0000168. The maximum atomic E-state index is 12.3. The molecule has 1 aromatic rings. The molecule has 42 heavy (non-hydrogen) atoms. The van der Waals surface area contributed by atoms with Crippen molar-refractivity contribution in [2.75, 3.05) is 98.3 Å². The average molecular weight is 641 g/mol. The summed E-state index contributed by atoms with van der Waals surface area (Å²) in [4.78, 5) is 24.3. The van der Waals surface area contributed by atoms with E-state index in [-0.39, 0.29) is 30.6 Å². The number of ether oxygens (including phenoxy) is 6. The van der Waals surface area contributed by atoms with Crippen LogP contribution in [-0.4, -0.2) is 110 Å². The zero-order chi connectivity index (χ0) is 29.6. The minimum absolute atomic E-state index is 0. The first kappa shape index (κ1) is 40.5. The van der Waals surface area contributed by atoms with Crippen LogP contribution in [0.25, 0.3) is 0 Å². The third-order valence-corrected chi connectivity index (χ3v) is 5.90. The summed E-state index contributed by atoms with van der Waals surface area (Å²) in [6.07, 6.45) is 4.63. The molecule has 13 heteroatoms. The molecule has 0 bridgehead atoms. The van der Waals surface area contributed by atoms with E-state index in [2.05, 4.69) is 10.6 Å². The van der Waals surface area contributed by atoms with Gasteiger partial charge in [0.2, 0.25) is 5.91 Å². The number of rotatable bonds is 29. The molecule has 1 rings (SSSR count). The van der Waals surface area contributed by atoms with Gasteiger partial charge in [-0.15, -0.1) is 24.0 Å². The molecule has 0 fully saturated rings. The number of halogens is 2. The third-order valence-electron chi connectivity index (χ3n) is 5.63. The summed E-state index contributed by atoms with van der Waals surface area (Å²) < 4.78 is 32.4. The fourth-order valence-corrected chi connectivity index (χ4v) is 3.57. The zero-order valence-corrected chi connectivity index (χ0v) is 26.4. The van der Waals surface area contributed by atoms with Gasteiger partial charge in [0.15, 0.2) is 0 Å². The number of unbranched alkanes of at least 4 members (excludes halogenated alkanes) is 3. The highest BCUT2D eigenvalue weighted by molar-refractivity contribution is 6.17. The maximum Gasteiger partial charge on any atom is 0.251 e. The Bertz CT molecular complexity index is 763. The van der Waals surface area contributed by atoms with Crippen LogP contribution in [0.2, 0.25) is 0 Å². The van der Waals surface area contributed by atoms with Crippen molar-refractivity contribution in [3.63, 3.8) is 0 Å². The number of amides is 2. The van der Waals surface area contributed by atoms with Gasteiger partial charge in [-0.1, -0.05) is 25.0 Å². The van der Waals surface area contributed by atoms with Crippen LogP contribution < -0.4 is 16.4 Å². The smallest absolute Gasteiger partial charge is 0.251 e. The van der Waals surface area contributed by atoms with E-state index in [0.717, 1.165) is 43.7 Å². The molecule has 0 spiro atoms. The molecule has 0 saturated heterocycles. The Kier molecular flexibility index (Phi) is 29.8. The molecule has 244 valence electrons. The monoisotopic (exact) mass is 639 g/mol. The first-order valence-electron chi connectivity index (χ1n) is 14.5. The summed E-state index contributed by atoms with van der Waals surface area (Å²) in [6, 6.07) is 7.12. The van der Waals surface area contributed by atoms with Crippen molar-refractivity contribution in [2.24, 2.45) is 5.73 Å². The van der Waals surface area contributed by atoms with Crippen LogP contribution in [0, 0.1) is 0 Å². The molecular formula is C29H51Cl2N3O8. The van der Waals surface area contributed by atoms with Gasteiger partial charge in [-0.2, -0.15) is 0 Å². The van der Waals surface area contributed by atoms with E-state index in [4.69, 9.17) is 45.8 Å². The van der Waals surface area contributed by atoms with Crippen LogP contribution >= 0.6 is 24.0 Å². The number of hydrogen-bond acceptors (Lipinski definition) is 9. The predicted octanol–water partition coefficient (Wildman–Crippen LogP) is 2.70. The van der Waals surface area contributed by atoms with Crippen molar-refractivity contribution in [2.45, 2.75) is 38.6 Å². The maximum absolute atomic E-state index is 12.3. The first-order chi connectivity index (χ1) is 20.2. The molecule has 11 nitrogen and oxygen atoms in total. The van der Waals surface area contributed by atoms with Gasteiger partial charge in [0, 0.05) is 44.1 Å². The van der Waals surface area contributed by atoms with Crippen molar-refractivity contribution < 1.29 is 38.0 Å². The molecule has 0 aliphatic heterocycles. The molecule has 0 saturated carbocycles. The second-order valence-electron chi connectivity index (χ2n) is 9.05. The van der Waals surface area contributed by atoms with E-state index in [0.29, 0.717) is 97.9 Å². The van der Waals surface area contributed by atoms with E-state index in [1.54, 1.807) is 12.1 Å². The molecule has 0 atom stereocenters. The molecule has 4 N–H and O–H groups in total. The lowest BCUT2D eigenvalue weighted by Crippen LogP contribution is -2.27. The van der Waals surface area contributed by atoms with E-state index in [9.17, 15) is 9.59 Å². The standard InChI is InChI=1S/C29H50ClN3O8.ClH/c30-10-3-1-2-4-13-36-17-20-39-16-12-32-29(35)27-7-5-26(6-8-27)25-33-28(34)9-14-37-18-21-40-23-24-41-22-19-38-15-11-31;/h5-8H,1-4,9-25,31H2,(H,32,35)(H,33,34);1H. The molecule has 0 aromatic heterocycles. The van der Waals surface area contributed by atoms with Gasteiger partial charge in [-0.25, -0.2) is 0 Å². The Hall–Kier alpha value is -1.54. The number of carbonyl (C=O) groups is 2. The number of alkyl halides is 1.